The fourth-order valence-corrected chi connectivity index (χ4v) is 4.39. The van der Waals surface area contributed by atoms with Gasteiger partial charge in [-0.2, -0.15) is 0 Å². The number of benzene rings is 1. The van der Waals surface area contributed by atoms with Crippen molar-refractivity contribution in [1.29, 1.82) is 0 Å². The number of carbonyl (C=O) groups is 3. The van der Waals surface area contributed by atoms with Crippen LogP contribution in [0.15, 0.2) is 24.3 Å². The minimum atomic E-state index is -0.648. The van der Waals surface area contributed by atoms with E-state index in [0.717, 1.165) is 18.5 Å². The van der Waals surface area contributed by atoms with Crippen LogP contribution < -0.4 is 15.0 Å². The Bertz CT molecular complexity index is 795. The van der Waals surface area contributed by atoms with Crippen molar-refractivity contribution in [3.8, 4) is 5.75 Å². The van der Waals surface area contributed by atoms with Crippen LogP contribution >= 0.6 is 0 Å². The van der Waals surface area contributed by atoms with Gasteiger partial charge in [0.15, 0.2) is 0 Å². The number of aliphatic hydroxyl groups excluding tert-OH is 1. The van der Waals surface area contributed by atoms with E-state index in [1.807, 2.05) is 13.8 Å². The van der Waals surface area contributed by atoms with Gasteiger partial charge in [-0.25, -0.2) is 0 Å². The highest BCUT2D eigenvalue weighted by Crippen LogP contribution is 2.27. The number of hydrogen-bond donors (Lipinski definition) is 2. The number of amides is 3. The van der Waals surface area contributed by atoms with E-state index in [-0.39, 0.29) is 49.3 Å². The van der Waals surface area contributed by atoms with Crippen molar-refractivity contribution in [3.63, 3.8) is 0 Å². The van der Waals surface area contributed by atoms with Crippen LogP contribution in [0.25, 0.3) is 0 Å². The van der Waals surface area contributed by atoms with E-state index in [1.165, 1.54) is 0 Å². The molecule has 170 valence electrons. The minimum absolute atomic E-state index is 0.0674. The van der Waals surface area contributed by atoms with Gasteiger partial charge in [0.05, 0.1) is 25.7 Å². The van der Waals surface area contributed by atoms with Gasteiger partial charge in [-0.1, -0.05) is 13.8 Å². The molecule has 0 aromatic heterocycles. The van der Waals surface area contributed by atoms with Gasteiger partial charge in [0, 0.05) is 25.2 Å². The first-order chi connectivity index (χ1) is 14.8. The van der Waals surface area contributed by atoms with E-state index in [2.05, 4.69) is 5.32 Å². The highest BCUT2D eigenvalue weighted by molar-refractivity contribution is 6.01. The van der Waals surface area contributed by atoms with E-state index in [1.54, 1.807) is 41.2 Å². The van der Waals surface area contributed by atoms with Gasteiger partial charge in [-0.05, 0) is 49.4 Å². The van der Waals surface area contributed by atoms with Crippen molar-refractivity contribution >= 4 is 23.4 Å². The van der Waals surface area contributed by atoms with Crippen LogP contribution in [0.3, 0.4) is 0 Å². The van der Waals surface area contributed by atoms with Crippen molar-refractivity contribution in [1.82, 2.24) is 10.2 Å². The number of ether oxygens (including phenoxy) is 1. The highest BCUT2D eigenvalue weighted by atomic mass is 16.5. The first-order valence-corrected chi connectivity index (χ1v) is 11.0. The molecule has 2 aliphatic heterocycles. The highest BCUT2D eigenvalue weighted by Gasteiger charge is 2.38. The summed E-state index contributed by atoms with van der Waals surface area (Å²) in [5.41, 5.74) is 0.721. The monoisotopic (exact) mass is 431 g/mol. The zero-order chi connectivity index (χ0) is 22.5. The molecule has 0 bridgehead atoms. The van der Waals surface area contributed by atoms with Crippen molar-refractivity contribution in [2.75, 3.05) is 31.7 Å². The predicted octanol–water partition coefficient (Wildman–Crippen LogP) is 1.56. The second kappa shape index (κ2) is 10.1. The molecule has 1 aromatic rings. The number of aliphatic hydroxyl groups is 1. The summed E-state index contributed by atoms with van der Waals surface area (Å²) < 4.78 is 5.15. The molecule has 1 aromatic carbocycles. The summed E-state index contributed by atoms with van der Waals surface area (Å²) in [5, 5.41) is 12.5. The average molecular weight is 432 g/mol. The van der Waals surface area contributed by atoms with Crippen LogP contribution in [0.5, 0.6) is 5.75 Å². The van der Waals surface area contributed by atoms with Crippen molar-refractivity contribution in [2.24, 2.45) is 11.8 Å². The van der Waals surface area contributed by atoms with Crippen LogP contribution in [0.4, 0.5) is 5.69 Å². The topological polar surface area (TPSA) is 99.2 Å². The molecule has 0 spiro atoms. The summed E-state index contributed by atoms with van der Waals surface area (Å²) in [5.74, 6) is -0.132. The molecule has 0 saturated carbocycles. The van der Waals surface area contributed by atoms with Gasteiger partial charge in [-0.15, -0.1) is 0 Å². The number of carbonyl (C=O) groups excluding carboxylic acids is 3. The predicted molar refractivity (Wildman–Crippen MR) is 117 cm³/mol. The summed E-state index contributed by atoms with van der Waals surface area (Å²) in [6, 6.07) is 6.32. The first kappa shape index (κ1) is 23.1. The zero-order valence-corrected chi connectivity index (χ0v) is 18.5. The Morgan fingerprint density at radius 1 is 1.26 bits per heavy atom. The SMILES string of the molecule is COc1ccc(N2CC(C(=O)N[C@@H](CC(C)C)C(=O)N3CCC[C@H]3CO)CC2=O)cc1. The molecule has 3 atom stereocenters. The lowest BCUT2D eigenvalue weighted by Gasteiger charge is -2.29. The fourth-order valence-electron chi connectivity index (χ4n) is 4.39. The number of nitrogens with one attached hydrogen (secondary N) is 1. The summed E-state index contributed by atoms with van der Waals surface area (Å²) in [6.07, 6.45) is 2.26. The number of anilines is 1. The number of methoxy groups -OCH3 is 1. The summed E-state index contributed by atoms with van der Waals surface area (Å²) in [6.45, 7) is 4.82. The molecule has 2 heterocycles. The molecular formula is C23H33N3O5. The van der Waals surface area contributed by atoms with E-state index < -0.39 is 12.0 Å². The van der Waals surface area contributed by atoms with Gasteiger partial charge >= 0.3 is 0 Å². The first-order valence-electron chi connectivity index (χ1n) is 11.0. The standard InChI is InChI=1S/C23H33N3O5/c1-15(2)11-20(23(30)25-10-4-5-18(25)14-27)24-22(29)16-12-21(28)26(13-16)17-6-8-19(31-3)9-7-17/h6-9,15-16,18,20,27H,4-5,10-14H2,1-3H3,(H,24,29)/t16?,18-,20-/m0/s1. The maximum atomic E-state index is 13.1. The molecule has 3 rings (SSSR count). The van der Waals surface area contributed by atoms with Crippen LogP contribution in [-0.4, -0.2) is 66.6 Å². The molecule has 3 amide bonds. The Balaban J connectivity index is 1.67. The molecular weight excluding hydrogens is 398 g/mol. The third-order valence-electron chi connectivity index (χ3n) is 6.07. The van der Waals surface area contributed by atoms with E-state index >= 15 is 0 Å². The van der Waals surface area contributed by atoms with Crippen molar-refractivity contribution in [3.05, 3.63) is 24.3 Å². The third-order valence-corrected chi connectivity index (χ3v) is 6.07. The smallest absolute Gasteiger partial charge is 0.245 e. The summed E-state index contributed by atoms with van der Waals surface area (Å²) >= 11 is 0. The maximum Gasteiger partial charge on any atom is 0.245 e. The van der Waals surface area contributed by atoms with Gasteiger partial charge in [-0.3, -0.25) is 14.4 Å². The lowest BCUT2D eigenvalue weighted by molar-refractivity contribution is -0.139. The Morgan fingerprint density at radius 2 is 1.97 bits per heavy atom. The molecule has 31 heavy (non-hydrogen) atoms. The molecule has 1 unspecified atom stereocenters. The Labute approximate surface area is 183 Å². The van der Waals surface area contributed by atoms with Crippen molar-refractivity contribution < 1.29 is 24.2 Å². The Hall–Kier alpha value is -2.61. The molecule has 2 fully saturated rings. The quantitative estimate of drug-likeness (QED) is 0.651. The van der Waals surface area contributed by atoms with Crippen LogP contribution in [0, 0.1) is 11.8 Å². The third kappa shape index (κ3) is 5.36. The second-order valence-electron chi connectivity index (χ2n) is 8.80. The normalized spacial score (nSPS) is 22.2. The molecule has 2 saturated heterocycles. The number of hydrogen-bond acceptors (Lipinski definition) is 5. The number of rotatable bonds is 8. The van der Waals surface area contributed by atoms with Crippen molar-refractivity contribution in [2.45, 2.75) is 51.6 Å². The summed E-state index contributed by atoms with van der Waals surface area (Å²) in [4.78, 5) is 42.0. The molecule has 8 nitrogen and oxygen atoms in total. The lowest BCUT2D eigenvalue weighted by Crippen LogP contribution is -2.52. The lowest BCUT2D eigenvalue weighted by atomic mass is 10.0. The average Bonchev–Trinajstić information content (AvgIpc) is 3.39. The largest absolute Gasteiger partial charge is 0.497 e. The van der Waals surface area contributed by atoms with Crippen LogP contribution in [-0.2, 0) is 14.4 Å². The Kier molecular flexibility index (Phi) is 7.54. The van der Waals surface area contributed by atoms with E-state index in [9.17, 15) is 19.5 Å². The summed E-state index contributed by atoms with van der Waals surface area (Å²) in [7, 11) is 1.58. The van der Waals surface area contributed by atoms with Gasteiger partial charge < -0.3 is 25.0 Å². The maximum absolute atomic E-state index is 13.1. The van der Waals surface area contributed by atoms with Crippen LogP contribution in [0.2, 0.25) is 0 Å². The van der Waals surface area contributed by atoms with E-state index in [0.29, 0.717) is 18.7 Å². The van der Waals surface area contributed by atoms with E-state index in [4.69, 9.17) is 4.74 Å². The molecule has 2 aliphatic rings. The zero-order valence-electron chi connectivity index (χ0n) is 18.5. The second-order valence-corrected chi connectivity index (χ2v) is 8.80. The number of nitrogens with zero attached hydrogens (tertiary/aromatic N) is 2. The minimum Gasteiger partial charge on any atom is -0.497 e. The molecule has 2 N–H and O–H groups in total. The molecule has 0 radical (unpaired) electrons. The fraction of sp³-hybridized carbons (Fsp3) is 0.609. The Morgan fingerprint density at radius 3 is 2.58 bits per heavy atom. The van der Waals surface area contributed by atoms with Crippen LogP contribution in [0.1, 0.15) is 39.5 Å². The molecule has 0 aliphatic carbocycles. The molecule has 8 heteroatoms. The van der Waals surface area contributed by atoms with Gasteiger partial charge in [0.1, 0.15) is 11.8 Å². The van der Waals surface area contributed by atoms with Gasteiger partial charge in [0.2, 0.25) is 17.7 Å². The number of likely N-dealkylation sites (tertiary alicyclic amines) is 1. The van der Waals surface area contributed by atoms with Gasteiger partial charge in [0.25, 0.3) is 0 Å².